The highest BCUT2D eigenvalue weighted by atomic mass is 16.5. The molecule has 1 amide bonds. The second-order valence-corrected chi connectivity index (χ2v) is 4.60. The minimum absolute atomic E-state index is 0.292. The summed E-state index contributed by atoms with van der Waals surface area (Å²) in [6, 6.07) is 3.26. The van der Waals surface area contributed by atoms with Gasteiger partial charge in [0.2, 0.25) is 11.8 Å². The zero-order chi connectivity index (χ0) is 13.8. The maximum atomic E-state index is 11.5. The van der Waals surface area contributed by atoms with Crippen molar-refractivity contribution in [3.8, 4) is 5.88 Å². The number of amides is 1. The highest BCUT2D eigenvalue weighted by molar-refractivity contribution is 5.83. The fourth-order valence-corrected chi connectivity index (χ4v) is 2.36. The van der Waals surface area contributed by atoms with Gasteiger partial charge in [-0.3, -0.25) is 4.79 Å². The van der Waals surface area contributed by atoms with E-state index in [0.29, 0.717) is 24.0 Å². The Hall–Kier alpha value is -1.98. The maximum Gasteiger partial charge on any atom is 0.240 e. The SMILES string of the molecule is CCOc1nc(N2CCCCC2C(N)=O)ccc1N. The summed E-state index contributed by atoms with van der Waals surface area (Å²) in [5.41, 5.74) is 11.8. The van der Waals surface area contributed by atoms with Crippen LogP contribution in [0.1, 0.15) is 26.2 Å². The van der Waals surface area contributed by atoms with Gasteiger partial charge < -0.3 is 21.1 Å². The first-order valence-electron chi connectivity index (χ1n) is 6.58. The van der Waals surface area contributed by atoms with Crippen LogP contribution in [0, 0.1) is 0 Å². The molecule has 1 unspecified atom stereocenters. The predicted molar refractivity (Wildman–Crippen MR) is 74.0 cm³/mol. The maximum absolute atomic E-state index is 11.5. The van der Waals surface area contributed by atoms with Crippen LogP contribution >= 0.6 is 0 Å². The van der Waals surface area contributed by atoms with Crippen molar-refractivity contribution in [1.29, 1.82) is 0 Å². The Morgan fingerprint density at radius 1 is 1.53 bits per heavy atom. The molecule has 1 aromatic heterocycles. The van der Waals surface area contributed by atoms with E-state index in [1.165, 1.54) is 0 Å². The smallest absolute Gasteiger partial charge is 0.240 e. The number of hydrogen-bond acceptors (Lipinski definition) is 5. The summed E-state index contributed by atoms with van der Waals surface area (Å²) in [4.78, 5) is 17.8. The molecule has 1 aliphatic heterocycles. The Bertz CT molecular complexity index is 464. The number of ether oxygens (including phenoxy) is 1. The third-order valence-electron chi connectivity index (χ3n) is 3.28. The molecule has 19 heavy (non-hydrogen) atoms. The van der Waals surface area contributed by atoms with E-state index in [2.05, 4.69) is 4.98 Å². The summed E-state index contributed by atoms with van der Waals surface area (Å²) in [5, 5.41) is 0. The molecule has 0 aromatic carbocycles. The summed E-state index contributed by atoms with van der Waals surface area (Å²) in [7, 11) is 0. The molecule has 0 spiro atoms. The van der Waals surface area contributed by atoms with Crippen LogP contribution in [0.5, 0.6) is 5.88 Å². The van der Waals surface area contributed by atoms with Crippen molar-refractivity contribution in [3.05, 3.63) is 12.1 Å². The van der Waals surface area contributed by atoms with Gasteiger partial charge in [0.15, 0.2) is 0 Å². The average molecular weight is 264 g/mol. The Morgan fingerprint density at radius 2 is 2.32 bits per heavy atom. The molecule has 1 aromatic rings. The van der Waals surface area contributed by atoms with E-state index in [1.807, 2.05) is 11.8 Å². The van der Waals surface area contributed by atoms with Crippen molar-refractivity contribution in [1.82, 2.24) is 4.98 Å². The van der Waals surface area contributed by atoms with Crippen molar-refractivity contribution in [2.24, 2.45) is 5.73 Å². The number of nitrogens with zero attached hydrogens (tertiary/aromatic N) is 2. The van der Waals surface area contributed by atoms with Crippen LogP contribution in [0.15, 0.2) is 12.1 Å². The molecular weight excluding hydrogens is 244 g/mol. The van der Waals surface area contributed by atoms with E-state index in [4.69, 9.17) is 16.2 Å². The summed E-state index contributed by atoms with van der Waals surface area (Å²) < 4.78 is 5.38. The fourth-order valence-electron chi connectivity index (χ4n) is 2.36. The number of anilines is 2. The number of nitrogen functional groups attached to an aromatic ring is 1. The summed E-state index contributed by atoms with van der Waals surface area (Å²) in [5.74, 6) is 0.797. The number of carbonyl (C=O) groups is 1. The molecule has 0 radical (unpaired) electrons. The van der Waals surface area contributed by atoms with Crippen LogP contribution in [0.25, 0.3) is 0 Å². The van der Waals surface area contributed by atoms with Gasteiger partial charge in [-0.15, -0.1) is 0 Å². The number of pyridine rings is 1. The molecule has 0 bridgehead atoms. The van der Waals surface area contributed by atoms with Crippen molar-refractivity contribution in [2.75, 3.05) is 23.8 Å². The standard InChI is InChI=1S/C13H20N4O2/c1-2-19-13-9(14)6-7-11(16-13)17-8-4-3-5-10(17)12(15)18/h6-7,10H,2-5,8,14H2,1H3,(H2,15,18). The van der Waals surface area contributed by atoms with Gasteiger partial charge in [0.25, 0.3) is 0 Å². The van der Waals surface area contributed by atoms with Gasteiger partial charge in [0.1, 0.15) is 11.9 Å². The molecule has 1 fully saturated rings. The third-order valence-corrected chi connectivity index (χ3v) is 3.28. The number of nitrogens with two attached hydrogens (primary N) is 2. The molecular formula is C13H20N4O2. The van der Waals surface area contributed by atoms with Gasteiger partial charge in [-0.05, 0) is 38.3 Å². The number of carbonyl (C=O) groups excluding carboxylic acids is 1. The lowest BCUT2D eigenvalue weighted by Gasteiger charge is -2.34. The number of primary amides is 1. The number of aromatic nitrogens is 1. The van der Waals surface area contributed by atoms with E-state index >= 15 is 0 Å². The van der Waals surface area contributed by atoms with Gasteiger partial charge in [-0.25, -0.2) is 0 Å². The normalized spacial score (nSPS) is 19.2. The first kappa shape index (κ1) is 13.5. The molecule has 0 saturated carbocycles. The van der Waals surface area contributed by atoms with Crippen LogP contribution in [0.3, 0.4) is 0 Å². The predicted octanol–water partition coefficient (Wildman–Crippen LogP) is 0.907. The van der Waals surface area contributed by atoms with Crippen molar-refractivity contribution in [2.45, 2.75) is 32.2 Å². The van der Waals surface area contributed by atoms with Gasteiger partial charge >= 0.3 is 0 Å². The molecule has 4 N–H and O–H groups in total. The topological polar surface area (TPSA) is 94.5 Å². The highest BCUT2D eigenvalue weighted by Crippen LogP contribution is 2.27. The summed E-state index contributed by atoms with van der Waals surface area (Å²) in [6.45, 7) is 3.15. The van der Waals surface area contributed by atoms with Crippen molar-refractivity contribution < 1.29 is 9.53 Å². The summed E-state index contributed by atoms with van der Waals surface area (Å²) in [6.07, 6.45) is 2.81. The summed E-state index contributed by atoms with van der Waals surface area (Å²) >= 11 is 0. The molecule has 1 atom stereocenters. The van der Waals surface area contributed by atoms with E-state index in [1.54, 1.807) is 12.1 Å². The zero-order valence-corrected chi connectivity index (χ0v) is 11.1. The molecule has 0 aliphatic carbocycles. The van der Waals surface area contributed by atoms with E-state index in [9.17, 15) is 4.79 Å². The van der Waals surface area contributed by atoms with Crippen LogP contribution < -0.4 is 21.1 Å². The molecule has 6 nitrogen and oxygen atoms in total. The quantitative estimate of drug-likeness (QED) is 0.842. The van der Waals surface area contributed by atoms with E-state index in [-0.39, 0.29) is 11.9 Å². The van der Waals surface area contributed by atoms with Crippen molar-refractivity contribution in [3.63, 3.8) is 0 Å². The lowest BCUT2D eigenvalue weighted by Crippen LogP contribution is -2.48. The second-order valence-electron chi connectivity index (χ2n) is 4.60. The molecule has 104 valence electrons. The van der Waals surface area contributed by atoms with Crippen molar-refractivity contribution >= 4 is 17.4 Å². The Balaban J connectivity index is 2.28. The average Bonchev–Trinajstić information content (AvgIpc) is 2.41. The van der Waals surface area contributed by atoms with Gasteiger partial charge in [0, 0.05) is 6.54 Å². The largest absolute Gasteiger partial charge is 0.476 e. The lowest BCUT2D eigenvalue weighted by atomic mass is 10.0. The number of rotatable bonds is 4. The third kappa shape index (κ3) is 2.89. The first-order chi connectivity index (χ1) is 9.13. The first-order valence-corrected chi connectivity index (χ1v) is 6.58. The molecule has 6 heteroatoms. The van der Waals surface area contributed by atoms with Crippen LogP contribution in [0.2, 0.25) is 0 Å². The van der Waals surface area contributed by atoms with Crippen LogP contribution in [0.4, 0.5) is 11.5 Å². The second kappa shape index (κ2) is 5.77. The monoisotopic (exact) mass is 264 g/mol. The van der Waals surface area contributed by atoms with E-state index in [0.717, 1.165) is 25.8 Å². The zero-order valence-electron chi connectivity index (χ0n) is 11.1. The minimum Gasteiger partial charge on any atom is -0.476 e. The number of piperidine rings is 1. The molecule has 2 heterocycles. The van der Waals surface area contributed by atoms with Crippen LogP contribution in [-0.2, 0) is 4.79 Å². The fraction of sp³-hybridized carbons (Fsp3) is 0.538. The minimum atomic E-state index is -0.309. The lowest BCUT2D eigenvalue weighted by molar-refractivity contribution is -0.119. The van der Waals surface area contributed by atoms with Gasteiger partial charge in [-0.1, -0.05) is 0 Å². The Labute approximate surface area is 112 Å². The molecule has 1 saturated heterocycles. The molecule has 1 aliphatic rings. The number of hydrogen-bond donors (Lipinski definition) is 2. The van der Waals surface area contributed by atoms with Gasteiger partial charge in [-0.2, -0.15) is 4.98 Å². The highest BCUT2D eigenvalue weighted by Gasteiger charge is 2.28. The van der Waals surface area contributed by atoms with Crippen LogP contribution in [-0.4, -0.2) is 30.1 Å². The van der Waals surface area contributed by atoms with E-state index < -0.39 is 0 Å². The molecule has 2 rings (SSSR count). The Morgan fingerprint density at radius 3 is 3.00 bits per heavy atom. The van der Waals surface area contributed by atoms with Gasteiger partial charge in [0.05, 0.1) is 12.3 Å². The Kier molecular flexibility index (Phi) is 4.09.